The minimum Gasteiger partial charge on any atom is -0.469 e. The maximum Gasteiger partial charge on any atom is 0.307 e. The molecule has 0 saturated heterocycles. The summed E-state index contributed by atoms with van der Waals surface area (Å²) >= 11 is 0. The zero-order chi connectivity index (χ0) is 20.3. The number of nitrogens with zero attached hydrogens (tertiary/aromatic N) is 5. The molecule has 0 aliphatic heterocycles. The van der Waals surface area contributed by atoms with Crippen LogP contribution < -0.4 is 0 Å². The molecule has 8 nitrogen and oxygen atoms in total. The second kappa shape index (κ2) is 8.16. The van der Waals surface area contributed by atoms with Gasteiger partial charge in [-0.3, -0.25) is 14.6 Å². The van der Waals surface area contributed by atoms with Gasteiger partial charge in [-0.05, 0) is 45.0 Å². The fourth-order valence-corrected chi connectivity index (χ4v) is 3.01. The third kappa shape index (κ3) is 3.85. The van der Waals surface area contributed by atoms with Gasteiger partial charge in [0.15, 0.2) is 5.69 Å². The third-order valence-corrected chi connectivity index (χ3v) is 4.60. The molecule has 8 heteroatoms. The van der Waals surface area contributed by atoms with Gasteiger partial charge in [-0.1, -0.05) is 11.3 Å². The van der Waals surface area contributed by atoms with Crippen LogP contribution in [0.2, 0.25) is 0 Å². The zero-order valence-corrected chi connectivity index (χ0v) is 16.4. The molecule has 0 atom stereocenters. The van der Waals surface area contributed by atoms with E-state index in [0.29, 0.717) is 5.69 Å². The van der Waals surface area contributed by atoms with E-state index in [9.17, 15) is 9.59 Å². The first-order valence-corrected chi connectivity index (χ1v) is 9.07. The van der Waals surface area contributed by atoms with E-state index in [1.54, 1.807) is 22.7 Å². The number of pyridine rings is 1. The monoisotopic (exact) mass is 381 g/mol. The summed E-state index contributed by atoms with van der Waals surface area (Å²) in [7, 11) is 1.33. The first kappa shape index (κ1) is 19.5. The average Bonchev–Trinajstić information content (AvgIpc) is 3.08. The fraction of sp³-hybridized carbons (Fsp3) is 0.350. The molecule has 3 rings (SSSR count). The first-order valence-electron chi connectivity index (χ1n) is 9.07. The number of hydrogen-bond acceptors (Lipinski definition) is 6. The van der Waals surface area contributed by atoms with Crippen LogP contribution in [0.1, 0.15) is 36.5 Å². The number of carbonyl (C=O) groups excluding carboxylic acids is 2. The fourth-order valence-electron chi connectivity index (χ4n) is 3.01. The Hall–Kier alpha value is -3.29. The van der Waals surface area contributed by atoms with Crippen LogP contribution in [0.15, 0.2) is 36.5 Å². The molecule has 0 radical (unpaired) electrons. The van der Waals surface area contributed by atoms with Gasteiger partial charge in [0.2, 0.25) is 0 Å². The largest absolute Gasteiger partial charge is 0.469 e. The van der Waals surface area contributed by atoms with Crippen LogP contribution in [0.4, 0.5) is 0 Å². The lowest BCUT2D eigenvalue weighted by atomic mass is 10.2. The molecule has 28 heavy (non-hydrogen) atoms. The van der Waals surface area contributed by atoms with Crippen LogP contribution in [0, 0.1) is 6.92 Å². The number of ether oxygens (including phenoxy) is 1. The van der Waals surface area contributed by atoms with Gasteiger partial charge in [-0.25, -0.2) is 4.68 Å². The van der Waals surface area contributed by atoms with Crippen molar-refractivity contribution >= 4 is 22.8 Å². The maximum absolute atomic E-state index is 13.0. The van der Waals surface area contributed by atoms with Crippen molar-refractivity contribution in [2.45, 2.75) is 33.2 Å². The van der Waals surface area contributed by atoms with Crippen LogP contribution in [-0.4, -0.2) is 56.5 Å². The quantitative estimate of drug-likeness (QED) is 0.610. The van der Waals surface area contributed by atoms with Crippen LogP contribution in [0.3, 0.4) is 0 Å². The summed E-state index contributed by atoms with van der Waals surface area (Å²) in [5.41, 5.74) is 2.59. The summed E-state index contributed by atoms with van der Waals surface area (Å²) < 4.78 is 6.31. The van der Waals surface area contributed by atoms with E-state index in [2.05, 4.69) is 20.0 Å². The molecule has 1 amide bonds. The summed E-state index contributed by atoms with van der Waals surface area (Å²) in [5, 5.41) is 9.26. The number of carbonyl (C=O) groups is 2. The van der Waals surface area contributed by atoms with Crippen LogP contribution in [0.25, 0.3) is 16.6 Å². The predicted molar refractivity (Wildman–Crippen MR) is 104 cm³/mol. The van der Waals surface area contributed by atoms with E-state index in [4.69, 9.17) is 0 Å². The normalized spacial score (nSPS) is 11.0. The molecule has 0 bridgehead atoms. The smallest absolute Gasteiger partial charge is 0.307 e. The van der Waals surface area contributed by atoms with Crippen molar-refractivity contribution in [1.29, 1.82) is 0 Å². The van der Waals surface area contributed by atoms with Crippen molar-refractivity contribution in [3.05, 3.63) is 47.9 Å². The molecule has 0 fully saturated rings. The summed E-state index contributed by atoms with van der Waals surface area (Å²) in [5.74, 6) is -0.617. The summed E-state index contributed by atoms with van der Waals surface area (Å²) in [6.07, 6.45) is 1.87. The molecular weight excluding hydrogens is 358 g/mol. The van der Waals surface area contributed by atoms with Crippen LogP contribution in [0.5, 0.6) is 0 Å². The topological polar surface area (TPSA) is 90.2 Å². The zero-order valence-electron chi connectivity index (χ0n) is 16.4. The van der Waals surface area contributed by atoms with Crippen molar-refractivity contribution in [3.8, 4) is 5.69 Å². The van der Waals surface area contributed by atoms with Gasteiger partial charge in [0, 0.05) is 24.2 Å². The lowest BCUT2D eigenvalue weighted by Crippen LogP contribution is -2.39. The van der Waals surface area contributed by atoms with Gasteiger partial charge in [-0.2, -0.15) is 0 Å². The van der Waals surface area contributed by atoms with E-state index in [-0.39, 0.29) is 36.6 Å². The Morgan fingerprint density at radius 2 is 2.04 bits per heavy atom. The number of rotatable bonds is 6. The summed E-state index contributed by atoms with van der Waals surface area (Å²) in [6.45, 7) is 5.85. The van der Waals surface area contributed by atoms with Gasteiger partial charge >= 0.3 is 5.97 Å². The Bertz CT molecular complexity index is 1010. The highest BCUT2D eigenvalue weighted by atomic mass is 16.5. The minimum atomic E-state index is -0.358. The molecule has 2 heterocycles. The number of amides is 1. The lowest BCUT2D eigenvalue weighted by molar-refractivity contribution is -0.140. The summed E-state index contributed by atoms with van der Waals surface area (Å²) in [6, 6.07) is 9.50. The Morgan fingerprint density at radius 1 is 1.25 bits per heavy atom. The predicted octanol–water partition coefficient (Wildman–Crippen LogP) is 2.54. The Morgan fingerprint density at radius 3 is 2.75 bits per heavy atom. The number of benzene rings is 1. The lowest BCUT2D eigenvalue weighted by Gasteiger charge is -2.25. The highest BCUT2D eigenvalue weighted by Crippen LogP contribution is 2.19. The number of methoxy groups -OCH3 is 1. The second-order valence-electron chi connectivity index (χ2n) is 6.73. The van der Waals surface area contributed by atoms with Crippen molar-refractivity contribution in [1.82, 2.24) is 24.9 Å². The Balaban J connectivity index is 1.89. The number of hydrogen-bond donors (Lipinski definition) is 0. The second-order valence-corrected chi connectivity index (χ2v) is 6.73. The SMILES string of the molecule is COC(=O)CCN(C(=O)c1nnn(-c2ccc3ncccc3c2)c1C)C(C)C. The van der Waals surface area contributed by atoms with E-state index < -0.39 is 0 Å². The van der Waals surface area contributed by atoms with Gasteiger partial charge in [0.05, 0.1) is 30.4 Å². The minimum absolute atomic E-state index is 0.0894. The molecule has 0 aliphatic carbocycles. The molecule has 1 aromatic carbocycles. The molecule has 2 aromatic heterocycles. The van der Waals surface area contributed by atoms with E-state index in [0.717, 1.165) is 16.6 Å². The molecule has 3 aromatic rings. The number of aromatic nitrogens is 4. The van der Waals surface area contributed by atoms with Gasteiger partial charge in [-0.15, -0.1) is 5.10 Å². The third-order valence-electron chi connectivity index (χ3n) is 4.60. The first-order chi connectivity index (χ1) is 13.4. The molecule has 146 valence electrons. The molecular formula is C20H23N5O3. The number of esters is 1. The maximum atomic E-state index is 13.0. The molecule has 0 saturated carbocycles. The van der Waals surface area contributed by atoms with Gasteiger partial charge in [0.1, 0.15) is 0 Å². The standard InChI is InChI=1S/C20H23N5O3/c1-13(2)24(11-9-18(26)28-4)20(27)19-14(3)25(23-22-19)16-7-8-17-15(12-16)6-5-10-21-17/h5-8,10,12-13H,9,11H2,1-4H3. The average molecular weight is 381 g/mol. The van der Waals surface area contributed by atoms with Crippen molar-refractivity contribution in [3.63, 3.8) is 0 Å². The van der Waals surface area contributed by atoms with Crippen LogP contribution in [-0.2, 0) is 9.53 Å². The molecule has 0 spiro atoms. The van der Waals surface area contributed by atoms with Gasteiger partial charge in [0.25, 0.3) is 5.91 Å². The Kier molecular flexibility index (Phi) is 5.67. The van der Waals surface area contributed by atoms with Crippen molar-refractivity contribution in [2.24, 2.45) is 0 Å². The van der Waals surface area contributed by atoms with Crippen LogP contribution >= 0.6 is 0 Å². The molecule has 0 unspecified atom stereocenters. The molecule has 0 aliphatic rings. The molecule has 0 N–H and O–H groups in total. The van der Waals surface area contributed by atoms with Crippen molar-refractivity contribution < 1.29 is 14.3 Å². The number of fused-ring (bicyclic) bond motifs is 1. The van der Waals surface area contributed by atoms with Crippen molar-refractivity contribution in [2.75, 3.05) is 13.7 Å². The summed E-state index contributed by atoms with van der Waals surface area (Å²) in [4.78, 5) is 30.4. The Labute approximate surface area is 163 Å². The highest BCUT2D eigenvalue weighted by Gasteiger charge is 2.25. The van der Waals surface area contributed by atoms with E-state index >= 15 is 0 Å². The van der Waals surface area contributed by atoms with E-state index in [1.165, 1.54) is 7.11 Å². The van der Waals surface area contributed by atoms with Gasteiger partial charge < -0.3 is 9.64 Å². The highest BCUT2D eigenvalue weighted by molar-refractivity contribution is 5.94. The van der Waals surface area contributed by atoms with E-state index in [1.807, 2.05) is 44.2 Å².